The molecule has 1 aliphatic carbocycles. The highest BCUT2D eigenvalue weighted by atomic mass is 16.4. The molecule has 0 radical (unpaired) electrons. The summed E-state index contributed by atoms with van der Waals surface area (Å²) in [6.45, 7) is 2.81. The van der Waals surface area contributed by atoms with Crippen molar-refractivity contribution in [3.05, 3.63) is 45.8 Å². The zero-order valence-electron chi connectivity index (χ0n) is 12.9. The molecular weight excluding hydrogens is 280 g/mol. The Morgan fingerprint density at radius 2 is 2.14 bits per heavy atom. The van der Waals surface area contributed by atoms with E-state index in [-0.39, 0.29) is 11.5 Å². The number of aryl methyl sites for hydroxylation is 1. The first-order valence-electron chi connectivity index (χ1n) is 7.52. The maximum absolute atomic E-state index is 11.8. The van der Waals surface area contributed by atoms with Gasteiger partial charge in [0.05, 0.1) is 6.54 Å². The third-order valence-electron chi connectivity index (χ3n) is 3.78. The summed E-state index contributed by atoms with van der Waals surface area (Å²) >= 11 is 0. The van der Waals surface area contributed by atoms with Gasteiger partial charge in [0, 0.05) is 24.0 Å². The van der Waals surface area contributed by atoms with Crippen LogP contribution < -0.4 is 10.9 Å². The minimum absolute atomic E-state index is 0.0353. The van der Waals surface area contributed by atoms with Crippen molar-refractivity contribution in [2.75, 3.05) is 13.6 Å². The van der Waals surface area contributed by atoms with Crippen LogP contribution in [-0.2, 0) is 11.3 Å². The molecule has 1 aromatic heterocycles. The minimum Gasteiger partial charge on any atom is -0.423 e. The molecule has 1 fully saturated rings. The minimum atomic E-state index is -0.357. The Bertz CT molecular complexity index is 762. The van der Waals surface area contributed by atoms with Gasteiger partial charge in [0.2, 0.25) is 5.91 Å². The molecule has 1 heterocycles. The van der Waals surface area contributed by atoms with E-state index in [9.17, 15) is 9.59 Å². The lowest BCUT2D eigenvalue weighted by atomic mass is 10.1. The van der Waals surface area contributed by atoms with Crippen LogP contribution in [0.5, 0.6) is 0 Å². The van der Waals surface area contributed by atoms with Crippen LogP contribution >= 0.6 is 0 Å². The quantitative estimate of drug-likeness (QED) is 0.856. The summed E-state index contributed by atoms with van der Waals surface area (Å²) in [7, 11) is 1.88. The predicted octanol–water partition coefficient (Wildman–Crippen LogP) is 1.81. The zero-order chi connectivity index (χ0) is 15.7. The molecule has 1 saturated carbocycles. The molecule has 0 bridgehead atoms. The lowest BCUT2D eigenvalue weighted by Crippen LogP contribution is -2.36. The fourth-order valence-electron chi connectivity index (χ4n) is 2.56. The van der Waals surface area contributed by atoms with Gasteiger partial charge in [0.25, 0.3) is 0 Å². The van der Waals surface area contributed by atoms with Crippen LogP contribution in [0.25, 0.3) is 11.0 Å². The molecule has 1 aliphatic rings. The van der Waals surface area contributed by atoms with E-state index in [0.29, 0.717) is 24.7 Å². The lowest BCUT2D eigenvalue weighted by molar-refractivity contribution is -0.122. The molecule has 3 rings (SSSR count). The molecule has 0 aliphatic heterocycles. The summed E-state index contributed by atoms with van der Waals surface area (Å²) in [6.07, 6.45) is 2.17. The fourth-order valence-corrected chi connectivity index (χ4v) is 2.56. The predicted molar refractivity (Wildman–Crippen MR) is 84.7 cm³/mol. The zero-order valence-corrected chi connectivity index (χ0v) is 12.9. The van der Waals surface area contributed by atoms with Crippen molar-refractivity contribution in [2.24, 2.45) is 0 Å². The van der Waals surface area contributed by atoms with Gasteiger partial charge in [-0.25, -0.2) is 4.79 Å². The largest absolute Gasteiger partial charge is 0.423 e. The maximum Gasteiger partial charge on any atom is 0.336 e. The molecule has 0 saturated heterocycles. The van der Waals surface area contributed by atoms with E-state index in [1.165, 1.54) is 6.07 Å². The highest BCUT2D eigenvalue weighted by Crippen LogP contribution is 2.20. The van der Waals surface area contributed by atoms with Crippen LogP contribution in [0.4, 0.5) is 0 Å². The van der Waals surface area contributed by atoms with Gasteiger partial charge in [-0.05, 0) is 44.0 Å². The van der Waals surface area contributed by atoms with Crippen molar-refractivity contribution >= 4 is 16.9 Å². The van der Waals surface area contributed by atoms with E-state index < -0.39 is 0 Å². The Morgan fingerprint density at radius 1 is 1.36 bits per heavy atom. The highest BCUT2D eigenvalue weighted by molar-refractivity contribution is 5.81. The third-order valence-corrected chi connectivity index (χ3v) is 3.78. The summed E-state index contributed by atoms with van der Waals surface area (Å²) in [5.41, 5.74) is 2.17. The maximum atomic E-state index is 11.8. The first kappa shape index (κ1) is 14.8. The smallest absolute Gasteiger partial charge is 0.336 e. The Kier molecular flexibility index (Phi) is 3.98. The van der Waals surface area contributed by atoms with Gasteiger partial charge in [-0.15, -0.1) is 0 Å². The van der Waals surface area contributed by atoms with Gasteiger partial charge < -0.3 is 9.73 Å². The van der Waals surface area contributed by atoms with Crippen molar-refractivity contribution in [1.82, 2.24) is 10.2 Å². The molecule has 22 heavy (non-hydrogen) atoms. The topological polar surface area (TPSA) is 62.6 Å². The Hall–Kier alpha value is -2.14. The summed E-state index contributed by atoms with van der Waals surface area (Å²) in [5, 5.41) is 3.88. The molecule has 5 heteroatoms. The normalized spacial score (nSPS) is 14.5. The van der Waals surface area contributed by atoms with Crippen molar-refractivity contribution in [3.63, 3.8) is 0 Å². The first-order chi connectivity index (χ1) is 10.5. The van der Waals surface area contributed by atoms with Gasteiger partial charge >= 0.3 is 5.63 Å². The molecule has 0 atom stereocenters. The Labute approximate surface area is 128 Å². The molecule has 116 valence electrons. The molecule has 1 N–H and O–H groups in total. The van der Waals surface area contributed by atoms with Gasteiger partial charge in [-0.1, -0.05) is 12.1 Å². The summed E-state index contributed by atoms with van der Waals surface area (Å²) in [6, 6.07) is 7.69. The second kappa shape index (κ2) is 5.93. The second-order valence-corrected chi connectivity index (χ2v) is 6.10. The van der Waals surface area contributed by atoms with Gasteiger partial charge in [0.15, 0.2) is 0 Å². The molecule has 0 spiro atoms. The number of amides is 1. The number of benzene rings is 1. The number of nitrogens with one attached hydrogen (secondary N) is 1. The van der Waals surface area contributed by atoms with E-state index >= 15 is 0 Å². The standard InChI is InChI=1S/C17H20N2O3/c1-11-3-6-14-12(8-17(21)22-15(14)7-11)9-19(2)10-16(20)18-13-4-5-13/h3,6-8,13H,4-5,9-10H2,1-2H3,(H,18,20). The number of hydrogen-bond acceptors (Lipinski definition) is 4. The second-order valence-electron chi connectivity index (χ2n) is 6.10. The van der Waals surface area contributed by atoms with E-state index in [4.69, 9.17) is 4.42 Å². The highest BCUT2D eigenvalue weighted by Gasteiger charge is 2.23. The van der Waals surface area contributed by atoms with Crippen molar-refractivity contribution < 1.29 is 9.21 Å². The molecule has 1 aromatic carbocycles. The number of nitrogens with zero attached hydrogens (tertiary/aromatic N) is 1. The Balaban J connectivity index is 1.77. The van der Waals surface area contributed by atoms with E-state index in [0.717, 1.165) is 29.4 Å². The number of carbonyl (C=O) groups is 1. The number of rotatable bonds is 5. The van der Waals surface area contributed by atoms with Crippen LogP contribution in [0.3, 0.4) is 0 Å². The number of likely N-dealkylation sites (N-methyl/N-ethyl adjacent to an activating group) is 1. The van der Waals surface area contributed by atoms with Crippen LogP contribution in [0, 0.1) is 6.92 Å². The van der Waals surface area contributed by atoms with Crippen molar-refractivity contribution in [3.8, 4) is 0 Å². The molecule has 2 aromatic rings. The third kappa shape index (κ3) is 3.54. The number of fused-ring (bicyclic) bond motifs is 1. The molecular formula is C17H20N2O3. The van der Waals surface area contributed by atoms with E-state index in [1.54, 1.807) is 0 Å². The van der Waals surface area contributed by atoms with Crippen LogP contribution in [0.15, 0.2) is 33.5 Å². The van der Waals surface area contributed by atoms with Crippen LogP contribution in [0.2, 0.25) is 0 Å². The van der Waals surface area contributed by atoms with Crippen molar-refractivity contribution in [1.29, 1.82) is 0 Å². The summed E-state index contributed by atoms with van der Waals surface area (Å²) in [5.74, 6) is 0.0353. The number of hydrogen-bond donors (Lipinski definition) is 1. The first-order valence-corrected chi connectivity index (χ1v) is 7.52. The van der Waals surface area contributed by atoms with E-state index in [1.807, 2.05) is 37.1 Å². The monoisotopic (exact) mass is 300 g/mol. The average molecular weight is 300 g/mol. The Morgan fingerprint density at radius 3 is 2.86 bits per heavy atom. The molecule has 0 unspecified atom stereocenters. The van der Waals surface area contributed by atoms with Crippen LogP contribution in [-0.4, -0.2) is 30.4 Å². The molecule has 5 nitrogen and oxygen atoms in total. The lowest BCUT2D eigenvalue weighted by Gasteiger charge is -2.17. The summed E-state index contributed by atoms with van der Waals surface area (Å²) in [4.78, 5) is 25.5. The number of carbonyl (C=O) groups excluding carboxylic acids is 1. The average Bonchev–Trinajstić information content (AvgIpc) is 3.21. The van der Waals surface area contributed by atoms with Crippen LogP contribution in [0.1, 0.15) is 24.0 Å². The van der Waals surface area contributed by atoms with Gasteiger partial charge in [-0.2, -0.15) is 0 Å². The van der Waals surface area contributed by atoms with Gasteiger partial charge in [0.1, 0.15) is 5.58 Å². The van der Waals surface area contributed by atoms with Crippen molar-refractivity contribution in [2.45, 2.75) is 32.4 Å². The van der Waals surface area contributed by atoms with E-state index in [2.05, 4.69) is 5.32 Å². The SMILES string of the molecule is Cc1ccc2c(CN(C)CC(=O)NC3CC3)cc(=O)oc2c1. The van der Waals surface area contributed by atoms with Gasteiger partial charge in [-0.3, -0.25) is 9.69 Å². The summed E-state index contributed by atoms with van der Waals surface area (Å²) < 4.78 is 5.25. The molecule has 1 amide bonds. The fraction of sp³-hybridized carbons (Fsp3) is 0.412.